The third-order valence-electron chi connectivity index (χ3n) is 3.75. The van der Waals surface area contributed by atoms with Crippen molar-refractivity contribution in [2.75, 3.05) is 19.6 Å². The van der Waals surface area contributed by atoms with Crippen LogP contribution in [0.15, 0.2) is 0 Å². The van der Waals surface area contributed by atoms with E-state index in [1.807, 2.05) is 0 Å². The fourth-order valence-electron chi connectivity index (χ4n) is 2.51. The van der Waals surface area contributed by atoms with Crippen LogP contribution < -0.4 is 5.32 Å². The molecule has 1 saturated heterocycles. The number of nitrogens with zero attached hydrogens (tertiary/aromatic N) is 1. The van der Waals surface area contributed by atoms with Gasteiger partial charge in [-0.05, 0) is 32.1 Å². The summed E-state index contributed by atoms with van der Waals surface area (Å²) in [6, 6.07) is 0.265. The van der Waals surface area contributed by atoms with Gasteiger partial charge >= 0.3 is 0 Å². The summed E-state index contributed by atoms with van der Waals surface area (Å²) >= 11 is 0. The Kier molecular flexibility index (Phi) is 7.39. The third-order valence-corrected chi connectivity index (χ3v) is 3.75. The monoisotopic (exact) mass is 270 g/mol. The molecule has 0 radical (unpaired) electrons. The van der Waals surface area contributed by atoms with Gasteiger partial charge in [-0.15, -0.1) is 0 Å². The molecule has 0 aromatic carbocycles. The Morgan fingerprint density at radius 2 is 1.89 bits per heavy atom. The molecular weight excluding hydrogens is 240 g/mol. The van der Waals surface area contributed by atoms with E-state index in [-0.39, 0.29) is 18.1 Å². The summed E-state index contributed by atoms with van der Waals surface area (Å²) in [6.45, 7) is 8.67. The van der Waals surface area contributed by atoms with Crippen molar-refractivity contribution in [2.45, 2.75) is 65.0 Å². The average molecular weight is 270 g/mol. The fraction of sp³-hybridized carbons (Fsp3) is 0.933. The van der Waals surface area contributed by atoms with Crippen LogP contribution >= 0.6 is 0 Å². The number of carbonyl (C=O) groups excluding carboxylic acids is 1. The van der Waals surface area contributed by atoms with E-state index in [9.17, 15) is 9.90 Å². The molecule has 4 heteroatoms. The lowest BCUT2D eigenvalue weighted by Gasteiger charge is -2.29. The molecule has 0 saturated carbocycles. The normalized spacial score (nSPS) is 19.6. The molecule has 112 valence electrons. The van der Waals surface area contributed by atoms with E-state index in [1.165, 1.54) is 12.8 Å². The van der Waals surface area contributed by atoms with Crippen LogP contribution in [0, 0.1) is 5.92 Å². The Hall–Kier alpha value is -0.610. The van der Waals surface area contributed by atoms with Crippen LogP contribution in [-0.4, -0.2) is 47.7 Å². The molecule has 19 heavy (non-hydrogen) atoms. The molecule has 0 spiro atoms. The van der Waals surface area contributed by atoms with Gasteiger partial charge in [-0.2, -0.15) is 0 Å². The Morgan fingerprint density at radius 3 is 2.47 bits per heavy atom. The molecule has 0 bridgehead atoms. The van der Waals surface area contributed by atoms with Crippen molar-refractivity contribution in [3.63, 3.8) is 0 Å². The van der Waals surface area contributed by atoms with Crippen LogP contribution in [-0.2, 0) is 4.79 Å². The Morgan fingerprint density at radius 1 is 1.26 bits per heavy atom. The maximum Gasteiger partial charge on any atom is 0.234 e. The summed E-state index contributed by atoms with van der Waals surface area (Å²) < 4.78 is 0. The minimum absolute atomic E-state index is 0.119. The molecule has 1 unspecified atom stereocenters. The first-order valence-electron chi connectivity index (χ1n) is 7.67. The summed E-state index contributed by atoms with van der Waals surface area (Å²) in [4.78, 5) is 14.0. The summed E-state index contributed by atoms with van der Waals surface area (Å²) in [5.74, 6) is 0.858. The van der Waals surface area contributed by atoms with E-state index in [2.05, 4.69) is 31.0 Å². The van der Waals surface area contributed by atoms with Crippen molar-refractivity contribution in [1.29, 1.82) is 0 Å². The van der Waals surface area contributed by atoms with Crippen molar-refractivity contribution >= 4 is 5.91 Å². The lowest BCUT2D eigenvalue weighted by atomic mass is 10.0. The molecule has 2 N–H and O–H groups in total. The van der Waals surface area contributed by atoms with Crippen LogP contribution in [0.1, 0.15) is 52.9 Å². The molecule has 1 heterocycles. The molecule has 1 aliphatic heterocycles. The van der Waals surface area contributed by atoms with Gasteiger partial charge in [-0.25, -0.2) is 0 Å². The summed E-state index contributed by atoms with van der Waals surface area (Å²) in [5, 5.41) is 12.5. The van der Waals surface area contributed by atoms with Crippen molar-refractivity contribution < 1.29 is 9.90 Å². The SMILES string of the molecule is CC(C)CCCC(C)NC(=O)CN1CCC(O)CC1. The molecule has 1 atom stereocenters. The maximum absolute atomic E-state index is 11.9. The summed E-state index contributed by atoms with van der Waals surface area (Å²) in [5.41, 5.74) is 0. The minimum atomic E-state index is -0.172. The molecule has 0 aromatic rings. The van der Waals surface area contributed by atoms with E-state index >= 15 is 0 Å². The molecular formula is C15H30N2O2. The fourth-order valence-corrected chi connectivity index (χ4v) is 2.51. The predicted molar refractivity (Wildman–Crippen MR) is 78.0 cm³/mol. The average Bonchev–Trinajstić information content (AvgIpc) is 2.31. The van der Waals surface area contributed by atoms with E-state index in [1.54, 1.807) is 0 Å². The molecule has 1 rings (SSSR count). The van der Waals surface area contributed by atoms with E-state index in [4.69, 9.17) is 0 Å². The number of carbonyl (C=O) groups is 1. The molecule has 1 fully saturated rings. The zero-order valence-electron chi connectivity index (χ0n) is 12.7. The Labute approximate surface area is 117 Å². The number of nitrogens with one attached hydrogen (secondary N) is 1. The number of piperidine rings is 1. The number of aliphatic hydroxyl groups is 1. The first-order chi connectivity index (χ1) is 8.97. The van der Waals surface area contributed by atoms with Gasteiger partial charge in [0.25, 0.3) is 0 Å². The van der Waals surface area contributed by atoms with E-state index in [0.29, 0.717) is 6.54 Å². The minimum Gasteiger partial charge on any atom is -0.393 e. The van der Waals surface area contributed by atoms with Crippen LogP contribution in [0.3, 0.4) is 0 Å². The van der Waals surface area contributed by atoms with Crippen LogP contribution in [0.4, 0.5) is 0 Å². The first-order valence-corrected chi connectivity index (χ1v) is 7.67. The number of rotatable bonds is 7. The van der Waals surface area contributed by atoms with Crippen LogP contribution in [0.5, 0.6) is 0 Å². The topological polar surface area (TPSA) is 52.6 Å². The summed E-state index contributed by atoms with van der Waals surface area (Å²) in [6.07, 6.45) is 4.87. The van der Waals surface area contributed by atoms with Crippen molar-refractivity contribution in [3.8, 4) is 0 Å². The highest BCUT2D eigenvalue weighted by Gasteiger charge is 2.19. The van der Waals surface area contributed by atoms with E-state index < -0.39 is 0 Å². The van der Waals surface area contributed by atoms with Crippen molar-refractivity contribution in [3.05, 3.63) is 0 Å². The molecule has 0 aliphatic carbocycles. The van der Waals surface area contributed by atoms with Gasteiger partial charge in [0.15, 0.2) is 0 Å². The lowest BCUT2D eigenvalue weighted by Crippen LogP contribution is -2.44. The van der Waals surface area contributed by atoms with Gasteiger partial charge in [0.05, 0.1) is 12.6 Å². The number of amides is 1. The highest BCUT2D eigenvalue weighted by Crippen LogP contribution is 2.10. The Balaban J connectivity index is 2.12. The number of aliphatic hydroxyl groups excluding tert-OH is 1. The number of hydrogen-bond donors (Lipinski definition) is 2. The second-order valence-corrected chi connectivity index (χ2v) is 6.30. The second-order valence-electron chi connectivity index (χ2n) is 6.30. The molecule has 1 amide bonds. The summed E-state index contributed by atoms with van der Waals surface area (Å²) in [7, 11) is 0. The van der Waals surface area contributed by atoms with Gasteiger partial charge in [0.1, 0.15) is 0 Å². The predicted octanol–water partition coefficient (Wildman–Crippen LogP) is 1.77. The second kappa shape index (κ2) is 8.54. The molecule has 1 aliphatic rings. The van der Waals surface area contributed by atoms with Gasteiger partial charge in [0, 0.05) is 19.1 Å². The highest BCUT2D eigenvalue weighted by atomic mass is 16.3. The largest absolute Gasteiger partial charge is 0.393 e. The zero-order valence-corrected chi connectivity index (χ0v) is 12.7. The molecule has 0 aromatic heterocycles. The third kappa shape index (κ3) is 7.53. The van der Waals surface area contributed by atoms with Gasteiger partial charge in [0.2, 0.25) is 5.91 Å². The smallest absolute Gasteiger partial charge is 0.234 e. The van der Waals surface area contributed by atoms with E-state index in [0.717, 1.165) is 38.3 Å². The van der Waals surface area contributed by atoms with Crippen molar-refractivity contribution in [1.82, 2.24) is 10.2 Å². The van der Waals surface area contributed by atoms with Crippen LogP contribution in [0.2, 0.25) is 0 Å². The van der Waals surface area contributed by atoms with Gasteiger partial charge < -0.3 is 10.4 Å². The maximum atomic E-state index is 11.9. The lowest BCUT2D eigenvalue weighted by molar-refractivity contribution is -0.123. The van der Waals surface area contributed by atoms with Gasteiger partial charge in [-0.1, -0.05) is 26.7 Å². The highest BCUT2D eigenvalue weighted by molar-refractivity contribution is 5.78. The van der Waals surface area contributed by atoms with Crippen LogP contribution in [0.25, 0.3) is 0 Å². The molecule has 4 nitrogen and oxygen atoms in total. The standard InChI is InChI=1S/C15H30N2O2/c1-12(2)5-4-6-13(3)16-15(19)11-17-9-7-14(18)8-10-17/h12-14,18H,4-11H2,1-3H3,(H,16,19). The number of hydrogen-bond acceptors (Lipinski definition) is 3. The zero-order chi connectivity index (χ0) is 14.3. The first kappa shape index (κ1) is 16.4. The quantitative estimate of drug-likeness (QED) is 0.741. The van der Waals surface area contributed by atoms with Gasteiger partial charge in [-0.3, -0.25) is 9.69 Å². The Bertz CT molecular complexity index is 261. The number of likely N-dealkylation sites (tertiary alicyclic amines) is 1. The van der Waals surface area contributed by atoms with Crippen molar-refractivity contribution in [2.24, 2.45) is 5.92 Å².